The summed E-state index contributed by atoms with van der Waals surface area (Å²) in [4.78, 5) is 28.1. The fourth-order valence-corrected chi connectivity index (χ4v) is 2.89. The maximum atomic E-state index is 12.7. The summed E-state index contributed by atoms with van der Waals surface area (Å²) < 4.78 is 43.3. The molecule has 1 aromatic heterocycles. The van der Waals surface area contributed by atoms with Crippen LogP contribution < -0.4 is 5.32 Å². The van der Waals surface area contributed by atoms with Crippen LogP contribution in [-0.2, 0) is 22.1 Å². The first-order valence-electron chi connectivity index (χ1n) is 7.48. The van der Waals surface area contributed by atoms with E-state index in [-0.39, 0.29) is 22.7 Å². The number of hydrogen-bond acceptors (Lipinski definition) is 4. The van der Waals surface area contributed by atoms with Crippen molar-refractivity contribution in [1.82, 2.24) is 10.3 Å². The topological polar surface area (TPSA) is 68.3 Å². The fourth-order valence-electron chi connectivity index (χ4n) is 2.18. The van der Waals surface area contributed by atoms with Crippen LogP contribution in [0.3, 0.4) is 0 Å². The molecule has 1 amide bonds. The second kappa shape index (κ2) is 8.71. The van der Waals surface area contributed by atoms with Gasteiger partial charge in [-0.05, 0) is 34.1 Å². The Bertz CT molecular complexity index is 862. The van der Waals surface area contributed by atoms with Gasteiger partial charge in [-0.3, -0.25) is 9.78 Å². The third-order valence-corrected chi connectivity index (χ3v) is 4.57. The summed E-state index contributed by atoms with van der Waals surface area (Å²) in [6.07, 6.45) is -4.21. The van der Waals surface area contributed by atoms with E-state index >= 15 is 0 Å². The van der Waals surface area contributed by atoms with Crippen LogP contribution in [0, 0.1) is 0 Å². The maximum absolute atomic E-state index is 12.7. The SMILES string of the molecule is COC(=O)C(Cc1ncc(C(F)(F)F)cc1Cl)NC(=O)c1ccccc1Br. The average molecular weight is 466 g/mol. The summed E-state index contributed by atoms with van der Waals surface area (Å²) >= 11 is 9.10. The first-order chi connectivity index (χ1) is 12.6. The van der Waals surface area contributed by atoms with Gasteiger partial charge in [0.05, 0.1) is 29.0 Å². The summed E-state index contributed by atoms with van der Waals surface area (Å²) in [5, 5.41) is 2.21. The second-order valence-electron chi connectivity index (χ2n) is 5.38. The number of amides is 1. The lowest BCUT2D eigenvalue weighted by Gasteiger charge is -2.18. The van der Waals surface area contributed by atoms with Crippen LogP contribution in [0.2, 0.25) is 5.02 Å². The van der Waals surface area contributed by atoms with E-state index in [9.17, 15) is 22.8 Å². The van der Waals surface area contributed by atoms with E-state index < -0.39 is 29.7 Å². The summed E-state index contributed by atoms with van der Waals surface area (Å²) in [5.41, 5.74) is -0.714. The predicted molar refractivity (Wildman–Crippen MR) is 95.4 cm³/mol. The molecule has 0 aliphatic carbocycles. The van der Waals surface area contributed by atoms with E-state index in [1.807, 2.05) is 0 Å². The number of hydrogen-bond donors (Lipinski definition) is 1. The molecule has 0 radical (unpaired) electrons. The Morgan fingerprint density at radius 3 is 2.56 bits per heavy atom. The molecule has 1 atom stereocenters. The molecule has 0 saturated heterocycles. The number of carbonyl (C=O) groups is 2. The highest BCUT2D eigenvalue weighted by molar-refractivity contribution is 9.10. The molecule has 0 aliphatic heterocycles. The minimum absolute atomic E-state index is 0.0208. The zero-order chi connectivity index (χ0) is 20.2. The Morgan fingerprint density at radius 2 is 2.00 bits per heavy atom. The zero-order valence-electron chi connectivity index (χ0n) is 13.8. The highest BCUT2D eigenvalue weighted by atomic mass is 79.9. The number of aromatic nitrogens is 1. The molecule has 0 fully saturated rings. The van der Waals surface area contributed by atoms with Crippen molar-refractivity contribution in [2.75, 3.05) is 7.11 Å². The molecule has 0 bridgehead atoms. The number of ether oxygens (including phenoxy) is 1. The quantitative estimate of drug-likeness (QED) is 0.677. The molecule has 1 aromatic carbocycles. The first kappa shape index (κ1) is 21.2. The van der Waals surface area contributed by atoms with Crippen molar-refractivity contribution in [1.29, 1.82) is 0 Å². The molecule has 5 nitrogen and oxygen atoms in total. The number of nitrogens with zero attached hydrogens (tertiary/aromatic N) is 1. The van der Waals surface area contributed by atoms with Gasteiger partial charge in [-0.2, -0.15) is 13.2 Å². The molecule has 1 unspecified atom stereocenters. The molecule has 2 aromatic rings. The van der Waals surface area contributed by atoms with Crippen LogP contribution >= 0.6 is 27.5 Å². The van der Waals surface area contributed by atoms with Crippen molar-refractivity contribution in [3.8, 4) is 0 Å². The Morgan fingerprint density at radius 1 is 1.33 bits per heavy atom. The normalized spacial score (nSPS) is 12.4. The number of pyridine rings is 1. The highest BCUT2D eigenvalue weighted by Crippen LogP contribution is 2.31. The van der Waals surface area contributed by atoms with Gasteiger partial charge in [0, 0.05) is 17.1 Å². The molecule has 27 heavy (non-hydrogen) atoms. The lowest BCUT2D eigenvalue weighted by Crippen LogP contribution is -2.43. The van der Waals surface area contributed by atoms with Crippen LogP contribution in [0.15, 0.2) is 41.0 Å². The third-order valence-electron chi connectivity index (χ3n) is 3.55. The Balaban J connectivity index is 2.24. The number of nitrogens with one attached hydrogen (secondary N) is 1. The standard InChI is InChI=1S/C17H13BrClF3N2O3/c1-27-16(26)14(24-15(25)10-4-2-3-5-11(10)18)7-13-12(19)6-9(8-23-13)17(20,21)22/h2-6,8,14H,7H2,1H3,(H,24,25). The van der Waals surface area contributed by atoms with Gasteiger partial charge in [0.25, 0.3) is 5.91 Å². The molecular weight excluding hydrogens is 453 g/mol. The number of alkyl halides is 3. The van der Waals surface area contributed by atoms with Gasteiger partial charge >= 0.3 is 12.1 Å². The molecule has 10 heteroatoms. The van der Waals surface area contributed by atoms with Crippen LogP contribution in [0.1, 0.15) is 21.6 Å². The molecule has 1 heterocycles. The van der Waals surface area contributed by atoms with Gasteiger partial charge in [0.2, 0.25) is 0 Å². The first-order valence-corrected chi connectivity index (χ1v) is 8.65. The van der Waals surface area contributed by atoms with Crippen LogP contribution in [0.5, 0.6) is 0 Å². The number of benzene rings is 1. The zero-order valence-corrected chi connectivity index (χ0v) is 16.2. The Hall–Kier alpha value is -2.13. The van der Waals surface area contributed by atoms with Crippen molar-refractivity contribution in [2.24, 2.45) is 0 Å². The van der Waals surface area contributed by atoms with E-state index in [2.05, 4.69) is 31.0 Å². The fraction of sp³-hybridized carbons (Fsp3) is 0.235. The molecule has 0 aliphatic rings. The molecule has 0 saturated carbocycles. The van der Waals surface area contributed by atoms with E-state index in [4.69, 9.17) is 11.6 Å². The van der Waals surface area contributed by atoms with Crippen molar-refractivity contribution in [3.05, 3.63) is 62.8 Å². The molecule has 0 spiro atoms. The van der Waals surface area contributed by atoms with Gasteiger partial charge in [-0.25, -0.2) is 4.79 Å². The summed E-state index contributed by atoms with van der Waals surface area (Å²) in [7, 11) is 1.13. The average Bonchev–Trinajstić information content (AvgIpc) is 2.61. The molecule has 2 rings (SSSR count). The molecule has 144 valence electrons. The lowest BCUT2D eigenvalue weighted by molar-refractivity contribution is -0.143. The largest absolute Gasteiger partial charge is 0.467 e. The van der Waals surface area contributed by atoms with Crippen molar-refractivity contribution in [3.63, 3.8) is 0 Å². The van der Waals surface area contributed by atoms with Gasteiger partial charge in [0.1, 0.15) is 6.04 Å². The summed E-state index contributed by atoms with van der Waals surface area (Å²) in [5.74, 6) is -1.35. The monoisotopic (exact) mass is 464 g/mol. The van der Waals surface area contributed by atoms with Gasteiger partial charge in [-0.15, -0.1) is 0 Å². The highest BCUT2D eigenvalue weighted by Gasteiger charge is 2.32. The van der Waals surface area contributed by atoms with Crippen molar-refractivity contribution >= 4 is 39.4 Å². The minimum Gasteiger partial charge on any atom is -0.467 e. The number of carbonyl (C=O) groups excluding carboxylic acids is 2. The van der Waals surface area contributed by atoms with Gasteiger partial charge in [0.15, 0.2) is 0 Å². The maximum Gasteiger partial charge on any atom is 0.417 e. The van der Waals surface area contributed by atoms with Crippen molar-refractivity contribution < 1.29 is 27.5 Å². The number of rotatable bonds is 5. The number of methoxy groups -OCH3 is 1. The smallest absolute Gasteiger partial charge is 0.417 e. The van der Waals surface area contributed by atoms with Crippen molar-refractivity contribution in [2.45, 2.75) is 18.6 Å². The van der Waals surface area contributed by atoms with Gasteiger partial charge in [-0.1, -0.05) is 23.7 Å². The number of halogens is 5. The predicted octanol–water partition coefficient (Wildman–Crippen LogP) is 4.03. The summed E-state index contributed by atoms with van der Waals surface area (Å²) in [6.45, 7) is 0. The third kappa shape index (κ3) is 5.43. The lowest BCUT2D eigenvalue weighted by atomic mass is 10.1. The Kier molecular flexibility index (Phi) is 6.83. The van der Waals surface area contributed by atoms with E-state index in [1.54, 1.807) is 18.2 Å². The van der Waals surface area contributed by atoms with E-state index in [0.717, 1.165) is 7.11 Å². The summed E-state index contributed by atoms with van der Waals surface area (Å²) in [6, 6.07) is 6.07. The van der Waals surface area contributed by atoms with Gasteiger partial charge < -0.3 is 10.1 Å². The second-order valence-corrected chi connectivity index (χ2v) is 6.64. The van der Waals surface area contributed by atoms with Crippen LogP contribution in [-0.4, -0.2) is 30.0 Å². The van der Waals surface area contributed by atoms with E-state index in [0.29, 0.717) is 16.7 Å². The Labute approximate surface area is 166 Å². The number of esters is 1. The molecule has 1 N–H and O–H groups in total. The molecular formula is C17H13BrClF3N2O3. The minimum atomic E-state index is -4.59. The van der Waals surface area contributed by atoms with E-state index in [1.165, 1.54) is 6.07 Å². The van der Waals surface area contributed by atoms with Crippen LogP contribution in [0.4, 0.5) is 13.2 Å². The van der Waals surface area contributed by atoms with Crippen LogP contribution in [0.25, 0.3) is 0 Å².